The van der Waals surface area contributed by atoms with E-state index in [1.54, 1.807) is 4.31 Å². The lowest BCUT2D eigenvalue weighted by Crippen LogP contribution is -2.48. The highest BCUT2D eigenvalue weighted by Gasteiger charge is 2.42. The number of hydrogen-bond acceptors (Lipinski definition) is 4. The van der Waals surface area contributed by atoms with Gasteiger partial charge in [0, 0.05) is 30.1 Å². The zero-order valence-electron chi connectivity index (χ0n) is 21.8. The average molecular weight is 565 g/mol. The number of carbonyl (C=O) groups is 1. The summed E-state index contributed by atoms with van der Waals surface area (Å²) in [7, 11) is -3.19. The Morgan fingerprint density at radius 1 is 0.923 bits per heavy atom. The summed E-state index contributed by atoms with van der Waals surface area (Å²) in [5.74, 6) is 0.125. The number of alkyl carbamates (subject to hydrolysis) is 1. The second-order valence-electron chi connectivity index (χ2n) is 10.9. The summed E-state index contributed by atoms with van der Waals surface area (Å²) in [6.45, 7) is 1.23. The fourth-order valence-corrected chi connectivity index (χ4v) is 8.24. The van der Waals surface area contributed by atoms with Crippen LogP contribution in [0.2, 0.25) is 5.02 Å². The largest absolute Gasteiger partial charge is 0.449 e. The number of nitrogens with one attached hydrogen (secondary N) is 1. The highest BCUT2D eigenvalue weighted by atomic mass is 35.5. The molecule has 1 saturated carbocycles. The van der Waals surface area contributed by atoms with Crippen molar-refractivity contribution >= 4 is 27.7 Å². The highest BCUT2D eigenvalue weighted by Crippen LogP contribution is 2.44. The van der Waals surface area contributed by atoms with Crippen LogP contribution in [0.3, 0.4) is 0 Å². The number of benzene rings is 3. The summed E-state index contributed by atoms with van der Waals surface area (Å²) in [6, 6.07) is 24.0. The zero-order valence-corrected chi connectivity index (χ0v) is 23.3. The number of amides is 1. The van der Waals surface area contributed by atoms with Crippen LogP contribution in [-0.2, 0) is 21.2 Å². The van der Waals surface area contributed by atoms with Crippen LogP contribution in [0.4, 0.5) is 4.79 Å². The van der Waals surface area contributed by atoms with Gasteiger partial charge in [-0.2, -0.15) is 0 Å². The number of ether oxygens (including phenoxy) is 1. The molecule has 1 unspecified atom stereocenters. The molecule has 1 atom stereocenters. The number of rotatable bonds is 8. The van der Waals surface area contributed by atoms with Crippen LogP contribution >= 0.6 is 11.6 Å². The first-order chi connectivity index (χ1) is 18.9. The standard InChI is InChI=1S/C31H33ClN2O4S/c32-23-7-5-6-21(18-23)19-30(22-14-16-34(17-15-22)39(36,37)24-12-13-24)33-31(35)38-20-29-27-10-3-1-8-25(27)26-9-2-4-11-28(26)29/h1-11,18,22,24,29-30H,12-17,19-20H2,(H,33,35). The van der Waals surface area contributed by atoms with E-state index in [1.807, 2.05) is 48.5 Å². The van der Waals surface area contributed by atoms with Crippen LogP contribution in [0.15, 0.2) is 72.8 Å². The van der Waals surface area contributed by atoms with Gasteiger partial charge >= 0.3 is 6.09 Å². The smallest absolute Gasteiger partial charge is 0.407 e. The number of halogens is 1. The molecule has 1 N–H and O–H groups in total. The monoisotopic (exact) mass is 564 g/mol. The van der Waals surface area contributed by atoms with E-state index in [9.17, 15) is 13.2 Å². The molecule has 2 fully saturated rings. The van der Waals surface area contributed by atoms with Crippen molar-refractivity contribution in [2.45, 2.75) is 49.3 Å². The van der Waals surface area contributed by atoms with E-state index in [4.69, 9.17) is 16.3 Å². The minimum absolute atomic E-state index is 0.00889. The van der Waals surface area contributed by atoms with Gasteiger partial charge in [0.25, 0.3) is 0 Å². The molecule has 39 heavy (non-hydrogen) atoms. The Morgan fingerprint density at radius 3 is 2.18 bits per heavy atom. The minimum Gasteiger partial charge on any atom is -0.449 e. The minimum atomic E-state index is -3.19. The molecule has 8 heteroatoms. The van der Waals surface area contributed by atoms with Crippen LogP contribution in [0.25, 0.3) is 11.1 Å². The van der Waals surface area contributed by atoms with E-state index < -0.39 is 16.1 Å². The molecule has 0 aromatic heterocycles. The molecule has 0 radical (unpaired) electrons. The highest BCUT2D eigenvalue weighted by molar-refractivity contribution is 7.90. The molecule has 1 amide bonds. The summed E-state index contributed by atoms with van der Waals surface area (Å²) in [5.41, 5.74) is 5.75. The third kappa shape index (κ3) is 5.58. The van der Waals surface area contributed by atoms with Crippen molar-refractivity contribution in [1.82, 2.24) is 9.62 Å². The van der Waals surface area contributed by atoms with E-state index in [1.165, 1.54) is 22.3 Å². The molecule has 6 nitrogen and oxygen atoms in total. The molecule has 3 aromatic rings. The molecule has 1 aliphatic heterocycles. The Hall–Kier alpha value is -2.87. The van der Waals surface area contributed by atoms with Gasteiger partial charge in [-0.1, -0.05) is 72.3 Å². The van der Waals surface area contributed by atoms with Gasteiger partial charge in [0.15, 0.2) is 0 Å². The second kappa shape index (κ2) is 11.0. The summed E-state index contributed by atoms with van der Waals surface area (Å²) < 4.78 is 33.0. The number of nitrogens with zero attached hydrogens (tertiary/aromatic N) is 1. The molecule has 3 aliphatic rings. The normalized spacial score (nSPS) is 18.8. The molecule has 204 valence electrons. The van der Waals surface area contributed by atoms with Crippen molar-refractivity contribution in [3.05, 3.63) is 94.5 Å². The first kappa shape index (κ1) is 26.4. The molecule has 2 aliphatic carbocycles. The van der Waals surface area contributed by atoms with Gasteiger partial charge in [-0.25, -0.2) is 17.5 Å². The van der Waals surface area contributed by atoms with Gasteiger partial charge in [-0.15, -0.1) is 0 Å². The van der Waals surface area contributed by atoms with Crippen molar-refractivity contribution in [2.75, 3.05) is 19.7 Å². The van der Waals surface area contributed by atoms with Crippen molar-refractivity contribution in [3.8, 4) is 11.1 Å². The van der Waals surface area contributed by atoms with Crippen LogP contribution < -0.4 is 5.32 Å². The maximum absolute atomic E-state index is 13.2. The van der Waals surface area contributed by atoms with Gasteiger partial charge in [-0.3, -0.25) is 0 Å². The van der Waals surface area contributed by atoms with E-state index in [0.29, 0.717) is 37.4 Å². The Balaban J connectivity index is 1.14. The molecule has 0 bridgehead atoms. The summed E-state index contributed by atoms with van der Waals surface area (Å²) in [4.78, 5) is 13.2. The maximum Gasteiger partial charge on any atom is 0.407 e. The SMILES string of the molecule is O=C(NC(Cc1cccc(Cl)c1)C1CCN(S(=O)(=O)C2CC2)CC1)OCC1c2ccccc2-c2ccccc21. The fraction of sp³-hybridized carbons (Fsp3) is 0.387. The zero-order chi connectivity index (χ0) is 27.0. The lowest BCUT2D eigenvalue weighted by molar-refractivity contribution is 0.129. The molecule has 1 heterocycles. The lowest BCUT2D eigenvalue weighted by atomic mass is 9.86. The van der Waals surface area contributed by atoms with Crippen molar-refractivity contribution < 1.29 is 17.9 Å². The number of sulfonamides is 1. The summed E-state index contributed by atoms with van der Waals surface area (Å²) in [5, 5.41) is 3.59. The first-order valence-electron chi connectivity index (χ1n) is 13.7. The van der Waals surface area contributed by atoms with Crippen molar-refractivity contribution in [1.29, 1.82) is 0 Å². The van der Waals surface area contributed by atoms with Crippen molar-refractivity contribution in [2.24, 2.45) is 5.92 Å². The molecule has 0 spiro atoms. The Labute approximate surface area is 235 Å². The lowest BCUT2D eigenvalue weighted by Gasteiger charge is -2.36. The van der Waals surface area contributed by atoms with Gasteiger partial charge in [0.1, 0.15) is 6.61 Å². The molecule has 3 aromatic carbocycles. The topological polar surface area (TPSA) is 75.7 Å². The van der Waals surface area contributed by atoms with E-state index in [-0.39, 0.29) is 29.7 Å². The molecule has 1 saturated heterocycles. The van der Waals surface area contributed by atoms with Gasteiger partial charge < -0.3 is 10.1 Å². The Morgan fingerprint density at radius 2 is 1.56 bits per heavy atom. The summed E-state index contributed by atoms with van der Waals surface area (Å²) >= 11 is 6.24. The third-order valence-corrected chi connectivity index (χ3v) is 11.0. The van der Waals surface area contributed by atoms with Crippen LogP contribution in [0, 0.1) is 5.92 Å². The molecule has 6 rings (SSSR count). The average Bonchev–Trinajstić information content (AvgIpc) is 3.76. The van der Waals surface area contributed by atoms with Gasteiger partial charge in [0.05, 0.1) is 5.25 Å². The van der Waals surface area contributed by atoms with Crippen LogP contribution in [0.1, 0.15) is 48.3 Å². The van der Waals surface area contributed by atoms with Crippen LogP contribution in [-0.4, -0.2) is 49.8 Å². The fourth-order valence-electron chi connectivity index (χ4n) is 6.15. The Kier molecular flexibility index (Phi) is 7.40. The van der Waals surface area contributed by atoms with Crippen LogP contribution in [0.5, 0.6) is 0 Å². The van der Waals surface area contributed by atoms with E-state index in [0.717, 1.165) is 18.4 Å². The first-order valence-corrected chi connectivity index (χ1v) is 15.6. The number of fused-ring (bicyclic) bond motifs is 3. The second-order valence-corrected chi connectivity index (χ2v) is 13.5. The number of carbonyl (C=O) groups excluding carboxylic acids is 1. The number of piperidine rings is 1. The third-order valence-electron chi connectivity index (χ3n) is 8.36. The summed E-state index contributed by atoms with van der Waals surface area (Å²) in [6.07, 6.45) is 3.08. The van der Waals surface area contributed by atoms with Crippen molar-refractivity contribution in [3.63, 3.8) is 0 Å². The van der Waals surface area contributed by atoms with Gasteiger partial charge in [-0.05, 0) is 78.0 Å². The molecular formula is C31H33ClN2O4S. The number of hydrogen-bond donors (Lipinski definition) is 1. The maximum atomic E-state index is 13.2. The Bertz CT molecular complexity index is 1420. The van der Waals surface area contributed by atoms with E-state index in [2.05, 4.69) is 29.6 Å². The predicted molar refractivity (Wildman–Crippen MR) is 153 cm³/mol. The van der Waals surface area contributed by atoms with E-state index >= 15 is 0 Å². The quantitative estimate of drug-likeness (QED) is 0.364. The predicted octanol–water partition coefficient (Wildman–Crippen LogP) is 5.99. The van der Waals surface area contributed by atoms with Gasteiger partial charge in [0.2, 0.25) is 10.0 Å². The molecular weight excluding hydrogens is 532 g/mol.